The molecule has 1 atom stereocenters. The predicted molar refractivity (Wildman–Crippen MR) is 61.8 cm³/mol. The second kappa shape index (κ2) is 4.94. The summed E-state index contributed by atoms with van der Waals surface area (Å²) in [7, 11) is 1.63. The summed E-state index contributed by atoms with van der Waals surface area (Å²) in [6.07, 6.45) is 0. The van der Waals surface area contributed by atoms with E-state index in [1.165, 1.54) is 5.56 Å². The zero-order chi connectivity index (χ0) is 11.4. The van der Waals surface area contributed by atoms with Crippen LogP contribution in [-0.2, 0) is 4.79 Å². The Labute approximate surface area is 90.7 Å². The number of aryl methyl sites for hydroxylation is 2. The molecular formula is C12H18N2O. The van der Waals surface area contributed by atoms with Gasteiger partial charge in [0, 0.05) is 13.6 Å². The molecule has 1 unspecified atom stereocenters. The summed E-state index contributed by atoms with van der Waals surface area (Å²) in [6, 6.07) is 6.06. The Balaban J connectivity index is 3.07. The molecule has 0 saturated heterocycles. The molecule has 1 rings (SSSR count). The Morgan fingerprint density at radius 1 is 1.47 bits per heavy atom. The van der Waals surface area contributed by atoms with Gasteiger partial charge in [-0.1, -0.05) is 23.8 Å². The second-order valence-corrected chi connectivity index (χ2v) is 3.76. The number of likely N-dealkylation sites (N-methyl/N-ethyl adjacent to an activating group) is 1. The Kier molecular flexibility index (Phi) is 3.86. The van der Waals surface area contributed by atoms with E-state index in [1.54, 1.807) is 7.05 Å². The molecule has 0 fully saturated rings. The van der Waals surface area contributed by atoms with E-state index in [-0.39, 0.29) is 11.8 Å². The first-order chi connectivity index (χ1) is 7.10. The van der Waals surface area contributed by atoms with Crippen molar-refractivity contribution in [2.24, 2.45) is 5.73 Å². The maximum Gasteiger partial charge on any atom is 0.228 e. The molecule has 3 nitrogen and oxygen atoms in total. The van der Waals surface area contributed by atoms with Gasteiger partial charge in [-0.15, -0.1) is 0 Å². The minimum atomic E-state index is -0.240. The average Bonchev–Trinajstić information content (AvgIpc) is 2.21. The molecule has 0 bridgehead atoms. The Morgan fingerprint density at radius 2 is 2.13 bits per heavy atom. The summed E-state index contributed by atoms with van der Waals surface area (Å²) < 4.78 is 0. The van der Waals surface area contributed by atoms with Crippen molar-refractivity contribution >= 4 is 5.91 Å². The summed E-state index contributed by atoms with van der Waals surface area (Å²) in [5, 5.41) is 2.64. The van der Waals surface area contributed by atoms with Gasteiger partial charge in [0.1, 0.15) is 0 Å². The van der Waals surface area contributed by atoms with Crippen molar-refractivity contribution < 1.29 is 4.79 Å². The third-order valence-electron chi connectivity index (χ3n) is 2.60. The van der Waals surface area contributed by atoms with Gasteiger partial charge in [-0.25, -0.2) is 0 Å². The molecule has 0 aromatic heterocycles. The lowest BCUT2D eigenvalue weighted by Crippen LogP contribution is -2.31. The fraction of sp³-hybridized carbons (Fsp3) is 0.417. The molecule has 15 heavy (non-hydrogen) atoms. The summed E-state index contributed by atoms with van der Waals surface area (Å²) in [4.78, 5) is 11.6. The maximum absolute atomic E-state index is 11.6. The van der Waals surface area contributed by atoms with Crippen molar-refractivity contribution in [3.05, 3.63) is 34.9 Å². The molecule has 3 heteroatoms. The maximum atomic E-state index is 11.6. The van der Waals surface area contributed by atoms with E-state index in [0.29, 0.717) is 6.54 Å². The highest BCUT2D eigenvalue weighted by Crippen LogP contribution is 2.20. The van der Waals surface area contributed by atoms with Crippen LogP contribution in [0.25, 0.3) is 0 Å². The van der Waals surface area contributed by atoms with E-state index < -0.39 is 0 Å². The largest absolute Gasteiger partial charge is 0.359 e. The first kappa shape index (κ1) is 11.7. The highest BCUT2D eigenvalue weighted by Gasteiger charge is 2.19. The molecule has 0 saturated carbocycles. The van der Waals surface area contributed by atoms with Crippen molar-refractivity contribution in [3.8, 4) is 0 Å². The lowest BCUT2D eigenvalue weighted by Gasteiger charge is -2.16. The SMILES string of the molecule is CNC(=O)C(CN)c1ccc(C)cc1C. The summed E-state index contributed by atoms with van der Waals surface area (Å²) in [5.74, 6) is -0.264. The minimum absolute atomic E-state index is 0.0237. The second-order valence-electron chi connectivity index (χ2n) is 3.76. The molecule has 0 aliphatic carbocycles. The van der Waals surface area contributed by atoms with Crippen molar-refractivity contribution in [3.63, 3.8) is 0 Å². The summed E-state index contributed by atoms with van der Waals surface area (Å²) in [5.41, 5.74) is 8.96. The van der Waals surface area contributed by atoms with E-state index in [0.717, 1.165) is 11.1 Å². The molecule has 0 spiro atoms. The fourth-order valence-corrected chi connectivity index (χ4v) is 1.77. The van der Waals surface area contributed by atoms with Crippen LogP contribution in [0, 0.1) is 13.8 Å². The normalized spacial score (nSPS) is 12.3. The fourth-order valence-electron chi connectivity index (χ4n) is 1.77. The Bertz CT molecular complexity index is 361. The smallest absolute Gasteiger partial charge is 0.228 e. The zero-order valence-corrected chi connectivity index (χ0v) is 9.50. The van der Waals surface area contributed by atoms with Crippen molar-refractivity contribution in [2.45, 2.75) is 19.8 Å². The van der Waals surface area contributed by atoms with Gasteiger partial charge in [-0.05, 0) is 25.0 Å². The van der Waals surface area contributed by atoms with Crippen LogP contribution in [0.15, 0.2) is 18.2 Å². The van der Waals surface area contributed by atoms with Crippen LogP contribution in [0.4, 0.5) is 0 Å². The van der Waals surface area contributed by atoms with Crippen LogP contribution >= 0.6 is 0 Å². The molecule has 1 aromatic rings. The van der Waals surface area contributed by atoms with Crippen molar-refractivity contribution in [1.82, 2.24) is 5.32 Å². The standard InChI is InChI=1S/C12H18N2O/c1-8-4-5-10(9(2)6-8)11(7-13)12(15)14-3/h4-6,11H,7,13H2,1-3H3,(H,14,15). The lowest BCUT2D eigenvalue weighted by atomic mass is 9.93. The highest BCUT2D eigenvalue weighted by atomic mass is 16.1. The third-order valence-corrected chi connectivity index (χ3v) is 2.60. The summed E-state index contributed by atoms with van der Waals surface area (Å²) in [6.45, 7) is 4.38. The molecule has 0 aliphatic rings. The monoisotopic (exact) mass is 206 g/mol. The average molecular weight is 206 g/mol. The van der Waals surface area contributed by atoms with Crippen LogP contribution in [0.3, 0.4) is 0 Å². The topological polar surface area (TPSA) is 55.1 Å². The number of rotatable bonds is 3. The van der Waals surface area contributed by atoms with Gasteiger partial charge >= 0.3 is 0 Å². The summed E-state index contributed by atoms with van der Waals surface area (Å²) >= 11 is 0. The number of nitrogens with two attached hydrogens (primary N) is 1. The van der Waals surface area contributed by atoms with Crippen LogP contribution in [0.1, 0.15) is 22.6 Å². The molecular weight excluding hydrogens is 188 g/mol. The molecule has 1 amide bonds. The van der Waals surface area contributed by atoms with E-state index in [4.69, 9.17) is 5.73 Å². The molecule has 3 N–H and O–H groups in total. The zero-order valence-electron chi connectivity index (χ0n) is 9.50. The van der Waals surface area contributed by atoms with Gasteiger partial charge in [-0.2, -0.15) is 0 Å². The Morgan fingerprint density at radius 3 is 2.60 bits per heavy atom. The first-order valence-electron chi connectivity index (χ1n) is 5.09. The molecule has 0 radical (unpaired) electrons. The van der Waals surface area contributed by atoms with E-state index in [9.17, 15) is 4.79 Å². The van der Waals surface area contributed by atoms with Crippen LogP contribution in [0.2, 0.25) is 0 Å². The van der Waals surface area contributed by atoms with Gasteiger partial charge in [-0.3, -0.25) is 4.79 Å². The van der Waals surface area contributed by atoms with E-state index in [1.807, 2.05) is 26.0 Å². The number of benzene rings is 1. The van der Waals surface area contributed by atoms with Crippen molar-refractivity contribution in [1.29, 1.82) is 0 Å². The van der Waals surface area contributed by atoms with Crippen LogP contribution < -0.4 is 11.1 Å². The van der Waals surface area contributed by atoms with Crippen LogP contribution in [0.5, 0.6) is 0 Å². The quantitative estimate of drug-likeness (QED) is 0.778. The van der Waals surface area contributed by atoms with Gasteiger partial charge in [0.05, 0.1) is 5.92 Å². The van der Waals surface area contributed by atoms with E-state index in [2.05, 4.69) is 11.4 Å². The number of carbonyl (C=O) groups is 1. The van der Waals surface area contributed by atoms with E-state index >= 15 is 0 Å². The molecule has 0 aliphatic heterocycles. The minimum Gasteiger partial charge on any atom is -0.359 e. The number of carbonyl (C=O) groups excluding carboxylic acids is 1. The predicted octanol–water partition coefficient (Wildman–Crippen LogP) is 1.09. The number of nitrogens with one attached hydrogen (secondary N) is 1. The van der Waals surface area contributed by atoms with Gasteiger partial charge in [0.15, 0.2) is 0 Å². The van der Waals surface area contributed by atoms with Gasteiger partial charge in [0.2, 0.25) is 5.91 Å². The number of hydrogen-bond acceptors (Lipinski definition) is 2. The first-order valence-corrected chi connectivity index (χ1v) is 5.09. The van der Waals surface area contributed by atoms with Crippen molar-refractivity contribution in [2.75, 3.05) is 13.6 Å². The molecule has 1 aromatic carbocycles. The molecule has 82 valence electrons. The lowest BCUT2D eigenvalue weighted by molar-refractivity contribution is -0.121. The highest BCUT2D eigenvalue weighted by molar-refractivity contribution is 5.84. The molecule has 0 heterocycles. The van der Waals surface area contributed by atoms with Gasteiger partial charge in [0.25, 0.3) is 0 Å². The number of amides is 1. The van der Waals surface area contributed by atoms with Gasteiger partial charge < -0.3 is 11.1 Å². The number of hydrogen-bond donors (Lipinski definition) is 2. The van der Waals surface area contributed by atoms with Crippen LogP contribution in [-0.4, -0.2) is 19.5 Å². The Hall–Kier alpha value is -1.35. The third kappa shape index (κ3) is 2.57.